The van der Waals surface area contributed by atoms with Gasteiger partial charge >= 0.3 is 64.5 Å². The van der Waals surface area contributed by atoms with Gasteiger partial charge in [0.25, 0.3) is 0 Å². The van der Waals surface area contributed by atoms with Gasteiger partial charge in [0.1, 0.15) is 0 Å². The molecule has 2 atom stereocenters. The normalized spacial score (nSPS) is 51.9. The van der Waals surface area contributed by atoms with Crippen molar-refractivity contribution < 1.29 is 0 Å². The number of alkyl halides is 2. The molecular formula is C3H6I2N2. The molecule has 0 spiro atoms. The van der Waals surface area contributed by atoms with Gasteiger partial charge in [0.2, 0.25) is 0 Å². The van der Waals surface area contributed by atoms with Gasteiger partial charge in [0, 0.05) is 0 Å². The van der Waals surface area contributed by atoms with Crippen LogP contribution in [0.1, 0.15) is 0 Å². The molecule has 4 heteroatoms. The fraction of sp³-hybridized carbons (Fsp3) is 1.00. The first-order chi connectivity index (χ1) is 3.38. The quantitative estimate of drug-likeness (QED) is 0.226. The Morgan fingerprint density at radius 1 is 1.71 bits per heavy atom. The Kier molecular flexibility index (Phi) is 1.24. The van der Waals surface area contributed by atoms with Crippen molar-refractivity contribution in [1.29, 1.82) is 0 Å². The summed E-state index contributed by atoms with van der Waals surface area (Å²) in [5.74, 6) is 0. The van der Waals surface area contributed by atoms with Gasteiger partial charge in [-0.3, -0.25) is 0 Å². The molecule has 0 aromatic carbocycles. The van der Waals surface area contributed by atoms with Gasteiger partial charge in [0.05, 0.1) is 0 Å². The van der Waals surface area contributed by atoms with Crippen molar-refractivity contribution in [3.8, 4) is 0 Å². The topological polar surface area (TPSA) is 34.0 Å². The standard InChI is InChI=1S/C3H6I2N2/c4-2-1-6-5-3(2)7-5/h2-3,6-7H,1H2/t2-,3-/m1/s1. The van der Waals surface area contributed by atoms with Crippen LogP contribution in [0, 0.1) is 0 Å². The van der Waals surface area contributed by atoms with Crippen LogP contribution in [-0.2, 0) is 0 Å². The first-order valence-electron chi connectivity index (χ1n) is 2.20. The SMILES string of the molecule is I[C@@H]1CNI2N[C@H]12. The molecule has 2 fully saturated rings. The monoisotopic (exact) mass is 324 g/mol. The van der Waals surface area contributed by atoms with Gasteiger partial charge in [0.15, 0.2) is 0 Å². The first-order valence-corrected chi connectivity index (χ1v) is 6.85. The van der Waals surface area contributed by atoms with Crippen molar-refractivity contribution in [1.82, 2.24) is 7.06 Å². The van der Waals surface area contributed by atoms with Crippen LogP contribution in [-0.4, -0.2) is 14.5 Å². The second-order valence-electron chi connectivity index (χ2n) is 1.68. The van der Waals surface area contributed by atoms with Gasteiger partial charge in [-0.25, -0.2) is 0 Å². The summed E-state index contributed by atoms with van der Waals surface area (Å²) in [6.45, 7) is 1.27. The number of fused-ring (bicyclic) bond motifs is 1. The molecule has 42 valence electrons. The maximum absolute atomic E-state index is 3.48. The van der Waals surface area contributed by atoms with E-state index in [9.17, 15) is 0 Å². The number of hydrogen-bond acceptors (Lipinski definition) is 2. The van der Waals surface area contributed by atoms with Crippen LogP contribution in [0.15, 0.2) is 0 Å². The molecule has 2 heterocycles. The van der Waals surface area contributed by atoms with E-state index in [1.807, 2.05) is 0 Å². The van der Waals surface area contributed by atoms with Gasteiger partial charge in [-0.05, 0) is 0 Å². The molecule has 2 aliphatic heterocycles. The van der Waals surface area contributed by atoms with Crippen LogP contribution in [0.3, 0.4) is 0 Å². The van der Waals surface area contributed by atoms with Crippen LogP contribution >= 0.6 is 43.0 Å². The molecule has 0 aromatic heterocycles. The van der Waals surface area contributed by atoms with Crippen LogP contribution < -0.4 is 7.06 Å². The van der Waals surface area contributed by atoms with Crippen molar-refractivity contribution in [2.45, 2.75) is 7.97 Å². The van der Waals surface area contributed by atoms with Crippen molar-refractivity contribution in [2.24, 2.45) is 0 Å². The fourth-order valence-electron chi connectivity index (χ4n) is 0.676. The second kappa shape index (κ2) is 1.68. The first kappa shape index (κ1) is 5.19. The van der Waals surface area contributed by atoms with Crippen molar-refractivity contribution >= 4 is 43.0 Å². The molecule has 2 N–H and O–H groups in total. The number of nitrogens with one attached hydrogen (secondary N) is 2. The Bertz CT molecular complexity index is 96.9. The van der Waals surface area contributed by atoms with Crippen molar-refractivity contribution in [3.05, 3.63) is 0 Å². The zero-order chi connectivity index (χ0) is 4.85. The Labute approximate surface area is 64.0 Å². The molecule has 0 aromatic rings. The molecule has 0 aliphatic carbocycles. The van der Waals surface area contributed by atoms with Crippen molar-refractivity contribution in [3.63, 3.8) is 0 Å². The van der Waals surface area contributed by atoms with Crippen LogP contribution in [0.25, 0.3) is 0 Å². The maximum atomic E-state index is 3.48. The van der Waals surface area contributed by atoms with E-state index in [0.29, 0.717) is 0 Å². The number of hydrogen-bond donors (Lipinski definition) is 2. The average molecular weight is 324 g/mol. The van der Waals surface area contributed by atoms with Crippen LogP contribution in [0.4, 0.5) is 0 Å². The Morgan fingerprint density at radius 3 is 2.71 bits per heavy atom. The Morgan fingerprint density at radius 2 is 2.57 bits per heavy atom. The minimum absolute atomic E-state index is 0.593. The predicted molar refractivity (Wildman–Crippen MR) is 46.8 cm³/mol. The molecule has 2 aliphatic rings. The zero-order valence-corrected chi connectivity index (χ0v) is 7.93. The molecule has 0 bridgehead atoms. The van der Waals surface area contributed by atoms with Gasteiger partial charge in [-0.15, -0.1) is 0 Å². The summed E-state index contributed by atoms with van der Waals surface area (Å²) in [6, 6.07) is 0. The summed E-state index contributed by atoms with van der Waals surface area (Å²) < 4.78 is 8.81. The van der Waals surface area contributed by atoms with Crippen LogP contribution in [0.2, 0.25) is 0 Å². The number of rotatable bonds is 0. The summed E-state index contributed by atoms with van der Waals surface area (Å²) in [4.78, 5) is 0. The van der Waals surface area contributed by atoms with Crippen LogP contribution in [0.5, 0.6) is 0 Å². The van der Waals surface area contributed by atoms with E-state index in [1.165, 1.54) is 6.54 Å². The van der Waals surface area contributed by atoms with E-state index >= 15 is 0 Å². The van der Waals surface area contributed by atoms with E-state index in [2.05, 4.69) is 29.7 Å². The third kappa shape index (κ3) is 0.796. The third-order valence-electron chi connectivity index (χ3n) is 1.14. The summed E-state index contributed by atoms with van der Waals surface area (Å²) >= 11 is 1.92. The van der Waals surface area contributed by atoms with E-state index < -0.39 is 20.4 Å². The molecule has 7 heavy (non-hydrogen) atoms. The molecule has 2 nitrogen and oxygen atoms in total. The molecular weight excluding hydrogens is 318 g/mol. The molecule has 0 radical (unpaired) electrons. The predicted octanol–water partition coefficient (Wildman–Crippen LogP) is 0.659. The van der Waals surface area contributed by atoms with Gasteiger partial charge in [-0.1, -0.05) is 0 Å². The molecule has 2 saturated heterocycles. The molecule has 0 amide bonds. The van der Waals surface area contributed by atoms with E-state index in [0.717, 1.165) is 7.97 Å². The Balaban J connectivity index is 2.08. The summed E-state index contributed by atoms with van der Waals surface area (Å²) in [6.07, 6.45) is 0. The minimum atomic E-state index is -0.593. The third-order valence-corrected chi connectivity index (χ3v) is 8.13. The zero-order valence-electron chi connectivity index (χ0n) is 3.62. The average Bonchev–Trinajstić information content (AvgIpc) is 2.33. The summed E-state index contributed by atoms with van der Waals surface area (Å²) in [7, 11) is 0. The van der Waals surface area contributed by atoms with Crippen molar-refractivity contribution in [2.75, 3.05) is 6.54 Å². The number of halogens is 2. The van der Waals surface area contributed by atoms with Gasteiger partial charge < -0.3 is 0 Å². The van der Waals surface area contributed by atoms with Gasteiger partial charge in [-0.2, -0.15) is 0 Å². The molecule has 0 saturated carbocycles. The summed E-state index contributed by atoms with van der Waals surface area (Å²) in [5.41, 5.74) is 0. The van der Waals surface area contributed by atoms with E-state index in [1.54, 1.807) is 0 Å². The fourth-order valence-corrected chi connectivity index (χ4v) is 8.84. The van der Waals surface area contributed by atoms with E-state index in [-0.39, 0.29) is 0 Å². The van der Waals surface area contributed by atoms with E-state index in [4.69, 9.17) is 0 Å². The summed E-state index contributed by atoms with van der Waals surface area (Å²) in [5, 5.41) is 0. The molecule has 0 unspecified atom stereocenters. The Hall–Kier alpha value is 1.38. The molecule has 2 rings (SSSR count). The second-order valence-corrected chi connectivity index (χ2v) is 7.79.